The number of carbonyl (C=O) groups is 1. The maximum Gasteiger partial charge on any atom is 0.258 e. The molecule has 0 aliphatic carbocycles. The van der Waals surface area contributed by atoms with Gasteiger partial charge in [-0.15, -0.1) is 0 Å². The van der Waals surface area contributed by atoms with Crippen LogP contribution in [0.4, 0.5) is 0 Å². The number of hydrogen-bond donors (Lipinski definition) is 2. The van der Waals surface area contributed by atoms with Gasteiger partial charge in [0.15, 0.2) is 18.4 Å². The van der Waals surface area contributed by atoms with Gasteiger partial charge < -0.3 is 19.4 Å². The van der Waals surface area contributed by atoms with Crippen LogP contribution in [-0.4, -0.2) is 32.1 Å². The Morgan fingerprint density at radius 3 is 2.84 bits per heavy atom. The van der Waals surface area contributed by atoms with Gasteiger partial charge in [-0.05, 0) is 42.8 Å². The van der Waals surface area contributed by atoms with Crippen LogP contribution in [0.15, 0.2) is 41.0 Å². The molecule has 0 spiro atoms. The first-order valence-electron chi connectivity index (χ1n) is 8.67. The molecular formula is C19H24ClN2O3+. The highest BCUT2D eigenvalue weighted by Gasteiger charge is 2.29. The van der Waals surface area contributed by atoms with Crippen LogP contribution in [0.25, 0.3) is 0 Å². The van der Waals surface area contributed by atoms with E-state index < -0.39 is 0 Å². The van der Waals surface area contributed by atoms with Crippen molar-refractivity contribution in [1.29, 1.82) is 0 Å². The van der Waals surface area contributed by atoms with Crippen molar-refractivity contribution in [1.82, 2.24) is 5.32 Å². The fourth-order valence-corrected chi connectivity index (χ4v) is 3.35. The van der Waals surface area contributed by atoms with Crippen LogP contribution in [0.1, 0.15) is 30.2 Å². The largest absolute Gasteiger partial charge is 0.484 e. The minimum Gasteiger partial charge on any atom is -0.484 e. The molecule has 2 aromatic rings. The molecule has 2 N–H and O–H groups in total. The van der Waals surface area contributed by atoms with E-state index in [2.05, 4.69) is 5.32 Å². The number of likely N-dealkylation sites (tertiary alicyclic amines) is 1. The third-order valence-corrected chi connectivity index (χ3v) is 5.05. The van der Waals surface area contributed by atoms with Crippen LogP contribution in [0, 0.1) is 6.92 Å². The third kappa shape index (κ3) is 4.77. The molecule has 25 heavy (non-hydrogen) atoms. The van der Waals surface area contributed by atoms with Crippen LogP contribution in [0.3, 0.4) is 0 Å². The summed E-state index contributed by atoms with van der Waals surface area (Å²) < 4.78 is 11.1. The van der Waals surface area contributed by atoms with Gasteiger partial charge >= 0.3 is 0 Å². The van der Waals surface area contributed by atoms with E-state index in [1.165, 1.54) is 17.7 Å². The van der Waals surface area contributed by atoms with Crippen molar-refractivity contribution < 1.29 is 18.8 Å². The monoisotopic (exact) mass is 363 g/mol. The summed E-state index contributed by atoms with van der Waals surface area (Å²) in [5.74, 6) is 1.43. The van der Waals surface area contributed by atoms with Crippen LogP contribution in [-0.2, 0) is 4.79 Å². The summed E-state index contributed by atoms with van der Waals surface area (Å²) >= 11 is 5.99. The minimum atomic E-state index is -0.136. The van der Waals surface area contributed by atoms with Gasteiger partial charge in [-0.2, -0.15) is 0 Å². The second kappa shape index (κ2) is 8.41. The SMILES string of the molecule is Cc1cc(OCC(=O)NC[C@H](c2ccco2)[NH+]2CCCC2)ccc1Cl. The van der Waals surface area contributed by atoms with E-state index in [9.17, 15) is 4.79 Å². The molecule has 0 saturated carbocycles. The van der Waals surface area contributed by atoms with Crippen molar-refractivity contribution in [2.75, 3.05) is 26.2 Å². The Morgan fingerprint density at radius 1 is 1.36 bits per heavy atom. The molecule has 1 saturated heterocycles. The second-order valence-electron chi connectivity index (χ2n) is 6.44. The first-order valence-corrected chi connectivity index (χ1v) is 9.05. The zero-order chi connectivity index (χ0) is 17.6. The molecule has 1 aliphatic rings. The summed E-state index contributed by atoms with van der Waals surface area (Å²) in [6.45, 7) is 4.66. The Kier molecular flexibility index (Phi) is 6.00. The summed E-state index contributed by atoms with van der Waals surface area (Å²) in [7, 11) is 0. The highest BCUT2D eigenvalue weighted by molar-refractivity contribution is 6.31. The maximum absolute atomic E-state index is 12.2. The molecule has 134 valence electrons. The molecule has 1 fully saturated rings. The molecule has 0 radical (unpaired) electrons. The molecule has 6 heteroatoms. The molecule has 0 unspecified atom stereocenters. The third-order valence-electron chi connectivity index (χ3n) is 4.63. The van der Waals surface area contributed by atoms with E-state index in [1.54, 1.807) is 18.4 Å². The Bertz CT molecular complexity index is 697. The van der Waals surface area contributed by atoms with Gasteiger partial charge in [-0.25, -0.2) is 0 Å². The number of amides is 1. The molecule has 2 heterocycles. The van der Waals surface area contributed by atoms with E-state index in [0.29, 0.717) is 17.3 Å². The van der Waals surface area contributed by atoms with Gasteiger partial charge in [0.1, 0.15) is 5.75 Å². The molecular weight excluding hydrogens is 340 g/mol. The first kappa shape index (κ1) is 17.8. The zero-order valence-electron chi connectivity index (χ0n) is 14.4. The van der Waals surface area contributed by atoms with Crippen molar-refractivity contribution in [3.05, 3.63) is 52.9 Å². The molecule has 1 aromatic heterocycles. The van der Waals surface area contributed by atoms with Gasteiger partial charge in [0, 0.05) is 17.9 Å². The summed E-state index contributed by atoms with van der Waals surface area (Å²) in [5.41, 5.74) is 0.926. The molecule has 0 bridgehead atoms. The molecule has 5 nitrogen and oxygen atoms in total. The number of ether oxygens (including phenoxy) is 1. The Balaban J connectivity index is 1.51. The lowest BCUT2D eigenvalue weighted by atomic mass is 10.2. The number of carbonyl (C=O) groups excluding carboxylic acids is 1. The number of hydrogen-bond acceptors (Lipinski definition) is 3. The van der Waals surface area contributed by atoms with E-state index in [1.807, 2.05) is 25.1 Å². The fourth-order valence-electron chi connectivity index (χ4n) is 3.24. The molecule has 1 amide bonds. The van der Waals surface area contributed by atoms with Gasteiger partial charge in [0.05, 0.1) is 25.9 Å². The maximum atomic E-state index is 12.2. The van der Waals surface area contributed by atoms with Crippen LogP contribution in [0.5, 0.6) is 5.75 Å². The van der Waals surface area contributed by atoms with Gasteiger partial charge in [0.2, 0.25) is 0 Å². The first-order chi connectivity index (χ1) is 12.1. The topological polar surface area (TPSA) is 55.9 Å². The predicted molar refractivity (Wildman–Crippen MR) is 96.1 cm³/mol. The quantitative estimate of drug-likeness (QED) is 0.792. The normalized spacial score (nSPS) is 15.9. The summed E-state index contributed by atoms with van der Waals surface area (Å²) in [6.07, 6.45) is 4.13. The Labute approximate surface area is 152 Å². The summed E-state index contributed by atoms with van der Waals surface area (Å²) in [5, 5.41) is 3.66. The average molecular weight is 364 g/mol. The number of benzene rings is 1. The predicted octanol–water partition coefficient (Wildman–Crippen LogP) is 2.16. The van der Waals surface area contributed by atoms with Crippen LogP contribution < -0.4 is 15.0 Å². The van der Waals surface area contributed by atoms with Crippen molar-refractivity contribution in [2.24, 2.45) is 0 Å². The second-order valence-corrected chi connectivity index (χ2v) is 6.84. The number of furan rings is 1. The standard InChI is InChI=1S/C19H23ClN2O3/c1-14-11-15(6-7-16(14)20)25-13-19(23)21-12-17(18-5-4-10-24-18)22-8-2-3-9-22/h4-7,10-11,17H,2-3,8-9,12-13H2,1H3,(H,21,23)/p+1/t17-/m1/s1. The van der Waals surface area contributed by atoms with Crippen LogP contribution in [0.2, 0.25) is 5.02 Å². The van der Waals surface area contributed by atoms with Gasteiger partial charge in [-0.3, -0.25) is 4.79 Å². The highest BCUT2D eigenvalue weighted by Crippen LogP contribution is 2.20. The lowest BCUT2D eigenvalue weighted by molar-refractivity contribution is -0.919. The molecule has 3 rings (SSSR count). The number of quaternary nitrogens is 1. The highest BCUT2D eigenvalue weighted by atomic mass is 35.5. The fraction of sp³-hybridized carbons (Fsp3) is 0.421. The van der Waals surface area contributed by atoms with Crippen molar-refractivity contribution in [2.45, 2.75) is 25.8 Å². The lowest BCUT2D eigenvalue weighted by Crippen LogP contribution is -3.11. The smallest absolute Gasteiger partial charge is 0.258 e. The van der Waals surface area contributed by atoms with E-state index in [0.717, 1.165) is 24.4 Å². The molecule has 1 atom stereocenters. The van der Waals surface area contributed by atoms with Crippen molar-refractivity contribution >= 4 is 17.5 Å². The number of nitrogens with one attached hydrogen (secondary N) is 2. The Morgan fingerprint density at radius 2 is 2.16 bits per heavy atom. The number of halogens is 1. The van der Waals surface area contributed by atoms with Crippen molar-refractivity contribution in [3.8, 4) is 5.75 Å². The Hall–Kier alpha value is -1.98. The summed E-state index contributed by atoms with van der Waals surface area (Å²) in [6, 6.07) is 9.39. The van der Waals surface area contributed by atoms with Gasteiger partial charge in [-0.1, -0.05) is 11.6 Å². The summed E-state index contributed by atoms with van der Waals surface area (Å²) in [4.78, 5) is 13.6. The minimum absolute atomic E-state index is 0.0126. The van der Waals surface area contributed by atoms with Crippen molar-refractivity contribution in [3.63, 3.8) is 0 Å². The number of rotatable bonds is 7. The van der Waals surface area contributed by atoms with E-state index in [4.69, 9.17) is 20.8 Å². The lowest BCUT2D eigenvalue weighted by Gasteiger charge is -2.23. The van der Waals surface area contributed by atoms with Crippen LogP contribution >= 0.6 is 11.6 Å². The zero-order valence-corrected chi connectivity index (χ0v) is 15.1. The van der Waals surface area contributed by atoms with E-state index >= 15 is 0 Å². The molecule has 1 aliphatic heterocycles. The van der Waals surface area contributed by atoms with E-state index in [-0.39, 0.29) is 18.6 Å². The number of aryl methyl sites for hydroxylation is 1. The molecule has 1 aromatic carbocycles. The van der Waals surface area contributed by atoms with Gasteiger partial charge in [0.25, 0.3) is 5.91 Å². The average Bonchev–Trinajstić information content (AvgIpc) is 3.30.